The molecule has 0 atom stereocenters. The quantitative estimate of drug-likeness (QED) is 0.782. The van der Waals surface area contributed by atoms with Crippen molar-refractivity contribution in [2.75, 3.05) is 25.0 Å². The standard InChI is InChI=1S/C22H31N5O2/c1-14-4-9-20-19(10-14)22(25-26(20)3)23-11-21(29)24-17-12-27(13-17)18-7-5-16(6-8-18)15(2)28/h4,9-10,16-18H,5-8,11-13H2,1-3H3,(H,23,25)(H,24,29). The molecule has 1 aromatic heterocycles. The Hall–Kier alpha value is -2.41. The summed E-state index contributed by atoms with van der Waals surface area (Å²) < 4.78 is 1.83. The molecule has 7 nitrogen and oxygen atoms in total. The van der Waals surface area contributed by atoms with Crippen molar-refractivity contribution in [1.82, 2.24) is 20.0 Å². The zero-order valence-corrected chi connectivity index (χ0v) is 17.6. The highest BCUT2D eigenvalue weighted by Crippen LogP contribution is 2.30. The predicted molar refractivity (Wildman–Crippen MR) is 114 cm³/mol. The van der Waals surface area contributed by atoms with Crippen LogP contribution in [0.2, 0.25) is 0 Å². The van der Waals surface area contributed by atoms with Crippen molar-refractivity contribution in [3.63, 3.8) is 0 Å². The second-order valence-electron chi connectivity index (χ2n) is 8.68. The summed E-state index contributed by atoms with van der Waals surface area (Å²) in [7, 11) is 1.91. The average molecular weight is 398 g/mol. The van der Waals surface area contributed by atoms with Crippen LogP contribution in [-0.4, -0.2) is 58.1 Å². The molecule has 1 aromatic carbocycles. The number of aromatic nitrogens is 2. The molecule has 2 aromatic rings. The lowest BCUT2D eigenvalue weighted by molar-refractivity contribution is -0.123. The molecule has 1 amide bonds. The Bertz CT molecular complexity index is 907. The van der Waals surface area contributed by atoms with Crippen LogP contribution >= 0.6 is 0 Å². The number of nitrogens with one attached hydrogen (secondary N) is 2. The number of fused-ring (bicyclic) bond motifs is 1. The number of amides is 1. The van der Waals surface area contributed by atoms with Gasteiger partial charge in [-0.25, -0.2) is 0 Å². The van der Waals surface area contributed by atoms with Gasteiger partial charge in [-0.05, 0) is 51.7 Å². The average Bonchev–Trinajstić information content (AvgIpc) is 2.97. The van der Waals surface area contributed by atoms with Gasteiger partial charge in [0.1, 0.15) is 5.78 Å². The van der Waals surface area contributed by atoms with E-state index in [0.29, 0.717) is 11.8 Å². The Morgan fingerprint density at radius 1 is 1.17 bits per heavy atom. The van der Waals surface area contributed by atoms with Crippen LogP contribution in [-0.2, 0) is 16.6 Å². The summed E-state index contributed by atoms with van der Waals surface area (Å²) in [5.41, 5.74) is 2.22. The van der Waals surface area contributed by atoms with E-state index < -0.39 is 0 Å². The van der Waals surface area contributed by atoms with Crippen LogP contribution in [0, 0.1) is 12.8 Å². The van der Waals surface area contributed by atoms with Crippen LogP contribution in [0.4, 0.5) is 5.82 Å². The summed E-state index contributed by atoms with van der Waals surface area (Å²) in [6.07, 6.45) is 4.21. The maximum atomic E-state index is 12.4. The molecule has 0 spiro atoms. The van der Waals surface area contributed by atoms with Crippen LogP contribution in [0.3, 0.4) is 0 Å². The van der Waals surface area contributed by atoms with E-state index in [9.17, 15) is 9.59 Å². The van der Waals surface area contributed by atoms with E-state index in [1.54, 1.807) is 6.92 Å². The second kappa shape index (κ2) is 8.14. The fourth-order valence-electron chi connectivity index (χ4n) is 4.70. The molecule has 1 saturated carbocycles. The lowest BCUT2D eigenvalue weighted by Gasteiger charge is -2.46. The lowest BCUT2D eigenvalue weighted by atomic mass is 9.82. The third-order valence-corrected chi connectivity index (χ3v) is 6.49. The summed E-state index contributed by atoms with van der Waals surface area (Å²) >= 11 is 0. The number of hydrogen-bond acceptors (Lipinski definition) is 5. The summed E-state index contributed by atoms with van der Waals surface area (Å²) in [5.74, 6) is 1.35. The van der Waals surface area contributed by atoms with E-state index in [1.807, 2.05) is 11.7 Å². The minimum Gasteiger partial charge on any atom is -0.359 e. The van der Waals surface area contributed by atoms with E-state index in [0.717, 1.165) is 55.5 Å². The molecular formula is C22H31N5O2. The first-order valence-corrected chi connectivity index (χ1v) is 10.6. The van der Waals surface area contributed by atoms with E-state index in [4.69, 9.17) is 0 Å². The molecule has 1 saturated heterocycles. The summed E-state index contributed by atoms with van der Waals surface area (Å²) in [6.45, 7) is 5.81. The van der Waals surface area contributed by atoms with Crippen LogP contribution in [0.25, 0.3) is 10.9 Å². The van der Waals surface area contributed by atoms with Crippen molar-refractivity contribution in [2.24, 2.45) is 13.0 Å². The van der Waals surface area contributed by atoms with Gasteiger partial charge in [-0.2, -0.15) is 5.10 Å². The molecular weight excluding hydrogens is 366 g/mol. The summed E-state index contributed by atoms with van der Waals surface area (Å²) in [4.78, 5) is 26.3. The fourth-order valence-corrected chi connectivity index (χ4v) is 4.70. The normalized spacial score (nSPS) is 23.0. The highest BCUT2D eigenvalue weighted by Gasteiger charge is 2.35. The zero-order valence-electron chi connectivity index (χ0n) is 17.6. The van der Waals surface area contributed by atoms with E-state index in [-0.39, 0.29) is 24.4 Å². The smallest absolute Gasteiger partial charge is 0.239 e. The number of hydrogen-bond donors (Lipinski definition) is 2. The minimum atomic E-state index is 0.00129. The maximum Gasteiger partial charge on any atom is 0.239 e. The highest BCUT2D eigenvalue weighted by molar-refractivity contribution is 5.92. The lowest BCUT2D eigenvalue weighted by Crippen LogP contribution is -2.63. The molecule has 1 aliphatic heterocycles. The van der Waals surface area contributed by atoms with Crippen molar-refractivity contribution in [2.45, 2.75) is 51.6 Å². The van der Waals surface area contributed by atoms with Gasteiger partial charge in [0.15, 0.2) is 5.82 Å². The van der Waals surface area contributed by atoms with Crippen LogP contribution in [0.1, 0.15) is 38.2 Å². The summed E-state index contributed by atoms with van der Waals surface area (Å²) in [5, 5.41) is 11.8. The van der Waals surface area contributed by atoms with E-state index >= 15 is 0 Å². The first-order chi connectivity index (χ1) is 13.9. The molecule has 2 fully saturated rings. The topological polar surface area (TPSA) is 79.3 Å². The number of carbonyl (C=O) groups is 2. The third-order valence-electron chi connectivity index (χ3n) is 6.49. The van der Waals surface area contributed by atoms with E-state index in [2.05, 4.69) is 45.8 Å². The molecule has 29 heavy (non-hydrogen) atoms. The van der Waals surface area contributed by atoms with E-state index in [1.165, 1.54) is 5.56 Å². The Balaban J connectivity index is 1.22. The first kappa shape index (κ1) is 19.9. The number of rotatable bonds is 6. The van der Waals surface area contributed by atoms with Gasteiger partial charge in [-0.3, -0.25) is 19.2 Å². The van der Waals surface area contributed by atoms with Gasteiger partial charge in [0.25, 0.3) is 0 Å². The molecule has 0 unspecified atom stereocenters. The maximum absolute atomic E-state index is 12.4. The Morgan fingerprint density at radius 3 is 2.59 bits per heavy atom. The Kier molecular flexibility index (Phi) is 5.58. The van der Waals surface area contributed by atoms with Gasteiger partial charge in [0, 0.05) is 37.5 Å². The monoisotopic (exact) mass is 397 g/mol. The first-order valence-electron chi connectivity index (χ1n) is 10.6. The van der Waals surface area contributed by atoms with Crippen molar-refractivity contribution in [1.29, 1.82) is 0 Å². The van der Waals surface area contributed by atoms with Gasteiger partial charge in [-0.15, -0.1) is 0 Å². The van der Waals surface area contributed by atoms with Crippen LogP contribution < -0.4 is 10.6 Å². The minimum absolute atomic E-state index is 0.00129. The second-order valence-corrected chi connectivity index (χ2v) is 8.68. The van der Waals surface area contributed by atoms with Crippen molar-refractivity contribution in [3.8, 4) is 0 Å². The van der Waals surface area contributed by atoms with Gasteiger partial charge in [0.05, 0.1) is 18.1 Å². The van der Waals surface area contributed by atoms with Gasteiger partial charge < -0.3 is 10.6 Å². The SMILES string of the molecule is CC(=O)C1CCC(N2CC(NC(=O)CNc3nn(C)c4ccc(C)cc34)C2)CC1. The molecule has 4 rings (SSSR count). The highest BCUT2D eigenvalue weighted by atomic mass is 16.2. The molecule has 2 N–H and O–H groups in total. The predicted octanol–water partition coefficient (Wildman–Crippen LogP) is 2.24. The third kappa shape index (κ3) is 4.29. The molecule has 2 aliphatic rings. The van der Waals surface area contributed by atoms with Crippen LogP contribution in [0.5, 0.6) is 0 Å². The van der Waals surface area contributed by atoms with Crippen molar-refractivity contribution in [3.05, 3.63) is 23.8 Å². The molecule has 156 valence electrons. The molecule has 0 radical (unpaired) electrons. The fraction of sp³-hybridized carbons (Fsp3) is 0.591. The number of nitrogens with zero attached hydrogens (tertiary/aromatic N) is 3. The number of aryl methyl sites for hydroxylation is 2. The van der Waals surface area contributed by atoms with Gasteiger partial charge in [-0.1, -0.05) is 11.6 Å². The number of benzene rings is 1. The van der Waals surface area contributed by atoms with Crippen molar-refractivity contribution < 1.29 is 9.59 Å². The van der Waals surface area contributed by atoms with Crippen molar-refractivity contribution >= 4 is 28.4 Å². The number of Topliss-reactive ketones (excluding diaryl/α,β-unsaturated/α-hetero) is 1. The van der Waals surface area contributed by atoms with Crippen LogP contribution in [0.15, 0.2) is 18.2 Å². The Labute approximate surface area is 171 Å². The number of anilines is 1. The Morgan fingerprint density at radius 2 is 1.90 bits per heavy atom. The van der Waals surface area contributed by atoms with Gasteiger partial charge >= 0.3 is 0 Å². The molecule has 2 heterocycles. The number of ketones is 1. The molecule has 7 heteroatoms. The largest absolute Gasteiger partial charge is 0.359 e. The number of likely N-dealkylation sites (tertiary alicyclic amines) is 1. The molecule has 0 bridgehead atoms. The summed E-state index contributed by atoms with van der Waals surface area (Å²) in [6, 6.07) is 7.00. The number of carbonyl (C=O) groups excluding carboxylic acids is 2. The zero-order chi connectivity index (χ0) is 20.5. The van der Waals surface area contributed by atoms with Gasteiger partial charge in [0.2, 0.25) is 5.91 Å². The molecule has 1 aliphatic carbocycles.